The molecule has 0 radical (unpaired) electrons. The summed E-state index contributed by atoms with van der Waals surface area (Å²) >= 11 is 0. The first-order valence-corrected chi connectivity index (χ1v) is 12.0. The molecule has 0 N–H and O–H groups in total. The van der Waals surface area contributed by atoms with Gasteiger partial charge in [0.1, 0.15) is 12.2 Å². The third-order valence-electron chi connectivity index (χ3n) is 6.18. The van der Waals surface area contributed by atoms with Crippen molar-refractivity contribution < 1.29 is 28.4 Å². The number of hydrogen-bond donors (Lipinski definition) is 0. The molecule has 2 fully saturated rings. The summed E-state index contributed by atoms with van der Waals surface area (Å²) in [5.74, 6) is -2.07. The van der Waals surface area contributed by atoms with Gasteiger partial charge in [0.2, 0.25) is 6.29 Å². The Balaban J connectivity index is 1.44. The van der Waals surface area contributed by atoms with Crippen LogP contribution in [0.5, 0.6) is 0 Å². The normalized spacial score (nSPS) is 25.1. The molecule has 184 valence electrons. The van der Waals surface area contributed by atoms with Crippen molar-refractivity contribution in [3.8, 4) is 0 Å². The van der Waals surface area contributed by atoms with Gasteiger partial charge in [0, 0.05) is 0 Å². The van der Waals surface area contributed by atoms with Crippen LogP contribution in [0.25, 0.3) is 0 Å². The van der Waals surface area contributed by atoms with E-state index in [-0.39, 0.29) is 6.10 Å². The number of rotatable bonds is 10. The van der Waals surface area contributed by atoms with Crippen LogP contribution >= 0.6 is 0 Å². The standard InChI is InChI=1S/C29H32O6/c1-28(2)34-25-21-33-29(26(25)35-28,32-20-24-16-10-5-11-17-24)27(30-18-22-12-6-3-7-13-22)31-19-23-14-8-4-9-15-23/h3-17,25-27H,18-21H2,1-2H3/t25-,26-,29+/m1/s1. The summed E-state index contributed by atoms with van der Waals surface area (Å²) in [6.45, 7) is 5.11. The molecule has 35 heavy (non-hydrogen) atoms. The van der Waals surface area contributed by atoms with Crippen molar-refractivity contribution in [1.82, 2.24) is 0 Å². The second-order valence-electron chi connectivity index (χ2n) is 9.33. The van der Waals surface area contributed by atoms with Crippen LogP contribution in [0.4, 0.5) is 0 Å². The second-order valence-corrected chi connectivity index (χ2v) is 9.33. The Labute approximate surface area is 206 Å². The smallest absolute Gasteiger partial charge is 0.251 e. The van der Waals surface area contributed by atoms with Gasteiger partial charge in [0.25, 0.3) is 5.79 Å². The molecule has 2 aliphatic rings. The zero-order chi connectivity index (χ0) is 24.1. The molecule has 5 rings (SSSR count). The minimum absolute atomic E-state index is 0.288. The molecule has 6 nitrogen and oxygen atoms in total. The summed E-state index contributed by atoms with van der Waals surface area (Å²) in [4.78, 5) is 0. The molecule has 3 atom stereocenters. The topological polar surface area (TPSA) is 55.4 Å². The zero-order valence-electron chi connectivity index (χ0n) is 20.2. The van der Waals surface area contributed by atoms with Crippen molar-refractivity contribution >= 4 is 0 Å². The van der Waals surface area contributed by atoms with Crippen LogP contribution < -0.4 is 0 Å². The largest absolute Gasteiger partial charge is 0.343 e. The molecule has 6 heteroatoms. The van der Waals surface area contributed by atoms with Gasteiger partial charge in [-0.2, -0.15) is 0 Å². The van der Waals surface area contributed by atoms with Crippen molar-refractivity contribution in [2.24, 2.45) is 0 Å². The van der Waals surface area contributed by atoms with E-state index in [2.05, 4.69) is 0 Å². The van der Waals surface area contributed by atoms with E-state index in [1.54, 1.807) is 0 Å². The number of ether oxygens (including phenoxy) is 6. The maximum absolute atomic E-state index is 6.55. The summed E-state index contributed by atoms with van der Waals surface area (Å²) in [5, 5.41) is 0. The molecule has 3 aromatic carbocycles. The van der Waals surface area contributed by atoms with Gasteiger partial charge in [-0.1, -0.05) is 91.0 Å². The van der Waals surface area contributed by atoms with Gasteiger partial charge < -0.3 is 28.4 Å². The zero-order valence-corrected chi connectivity index (χ0v) is 20.2. The average molecular weight is 477 g/mol. The highest BCUT2D eigenvalue weighted by molar-refractivity contribution is 5.16. The highest BCUT2D eigenvalue weighted by atomic mass is 16.8. The van der Waals surface area contributed by atoms with Gasteiger partial charge in [0.05, 0.1) is 26.4 Å². The Morgan fingerprint density at radius 1 is 0.714 bits per heavy atom. The molecule has 0 saturated carbocycles. The first-order valence-electron chi connectivity index (χ1n) is 12.0. The van der Waals surface area contributed by atoms with Crippen LogP contribution in [0.3, 0.4) is 0 Å². The summed E-state index contributed by atoms with van der Waals surface area (Å²) in [5.41, 5.74) is 3.07. The molecule has 0 aromatic heterocycles. The van der Waals surface area contributed by atoms with Crippen molar-refractivity contribution in [2.75, 3.05) is 6.61 Å². The monoisotopic (exact) mass is 476 g/mol. The van der Waals surface area contributed by atoms with E-state index < -0.39 is 24.0 Å². The van der Waals surface area contributed by atoms with Crippen LogP contribution in [0, 0.1) is 0 Å². The number of fused-ring (bicyclic) bond motifs is 1. The predicted molar refractivity (Wildman–Crippen MR) is 130 cm³/mol. The lowest BCUT2D eigenvalue weighted by Crippen LogP contribution is -2.56. The first kappa shape index (κ1) is 24.1. The molecule has 0 aliphatic carbocycles. The van der Waals surface area contributed by atoms with Crippen LogP contribution in [-0.4, -0.2) is 36.7 Å². The van der Waals surface area contributed by atoms with E-state index >= 15 is 0 Å². The quantitative estimate of drug-likeness (QED) is 0.375. The van der Waals surface area contributed by atoms with E-state index in [0.29, 0.717) is 26.4 Å². The van der Waals surface area contributed by atoms with Crippen LogP contribution in [0.15, 0.2) is 91.0 Å². The third kappa shape index (κ3) is 5.64. The van der Waals surface area contributed by atoms with E-state index in [1.807, 2.05) is 105 Å². The summed E-state index contributed by atoms with van der Waals surface area (Å²) in [6, 6.07) is 29.9. The molecule has 0 bridgehead atoms. The van der Waals surface area contributed by atoms with Crippen LogP contribution in [0.1, 0.15) is 30.5 Å². The third-order valence-corrected chi connectivity index (χ3v) is 6.18. The molecule has 0 amide bonds. The average Bonchev–Trinajstić information content (AvgIpc) is 3.38. The molecule has 2 saturated heterocycles. The van der Waals surface area contributed by atoms with E-state index in [1.165, 1.54) is 0 Å². The van der Waals surface area contributed by atoms with Crippen molar-refractivity contribution in [1.29, 1.82) is 0 Å². The summed E-state index contributed by atoms with van der Waals surface area (Å²) in [7, 11) is 0. The first-order chi connectivity index (χ1) is 17.0. The maximum Gasteiger partial charge on any atom is 0.251 e. The fraction of sp³-hybridized carbons (Fsp3) is 0.379. The maximum atomic E-state index is 6.55. The Kier molecular flexibility index (Phi) is 7.29. The molecule has 2 aliphatic heterocycles. The van der Waals surface area contributed by atoms with E-state index in [0.717, 1.165) is 16.7 Å². The molecule has 0 unspecified atom stereocenters. The van der Waals surface area contributed by atoms with Crippen molar-refractivity contribution in [3.63, 3.8) is 0 Å². The van der Waals surface area contributed by atoms with E-state index in [4.69, 9.17) is 28.4 Å². The lowest BCUT2D eigenvalue weighted by molar-refractivity contribution is -0.377. The fourth-order valence-corrected chi connectivity index (χ4v) is 4.53. The fourth-order valence-electron chi connectivity index (χ4n) is 4.53. The second kappa shape index (κ2) is 10.6. The van der Waals surface area contributed by atoms with Gasteiger partial charge in [0.15, 0.2) is 5.79 Å². The molecule has 2 heterocycles. The summed E-state index contributed by atoms with van der Waals surface area (Å²) in [6.07, 6.45) is -1.67. The van der Waals surface area contributed by atoms with Gasteiger partial charge in [-0.25, -0.2) is 0 Å². The Hall–Kier alpha value is -2.58. The highest BCUT2D eigenvalue weighted by Crippen LogP contribution is 2.45. The predicted octanol–water partition coefficient (Wildman–Crippen LogP) is 5.21. The molecular formula is C29H32O6. The molecular weight excluding hydrogens is 444 g/mol. The van der Waals surface area contributed by atoms with Gasteiger partial charge >= 0.3 is 0 Å². The Bertz CT molecular complexity index is 1010. The van der Waals surface area contributed by atoms with Crippen molar-refractivity contribution in [3.05, 3.63) is 108 Å². The van der Waals surface area contributed by atoms with Crippen LogP contribution in [-0.2, 0) is 48.2 Å². The highest BCUT2D eigenvalue weighted by Gasteiger charge is 2.64. The number of hydrogen-bond acceptors (Lipinski definition) is 6. The van der Waals surface area contributed by atoms with E-state index in [9.17, 15) is 0 Å². The van der Waals surface area contributed by atoms with Crippen LogP contribution in [0.2, 0.25) is 0 Å². The minimum Gasteiger partial charge on any atom is -0.343 e. The number of benzene rings is 3. The SMILES string of the molecule is CC1(C)O[C@@H]2[C@@H](CO[C@]2(OCc2ccccc2)C(OCc2ccccc2)OCc2ccccc2)O1. The van der Waals surface area contributed by atoms with Gasteiger partial charge in [-0.15, -0.1) is 0 Å². The minimum atomic E-state index is -1.31. The molecule has 3 aromatic rings. The Morgan fingerprint density at radius 3 is 1.71 bits per heavy atom. The van der Waals surface area contributed by atoms with Gasteiger partial charge in [-0.3, -0.25) is 0 Å². The van der Waals surface area contributed by atoms with Crippen molar-refractivity contribution in [2.45, 2.75) is 63.7 Å². The van der Waals surface area contributed by atoms with Gasteiger partial charge in [-0.05, 0) is 30.5 Å². The Morgan fingerprint density at radius 2 is 1.20 bits per heavy atom. The lowest BCUT2D eigenvalue weighted by Gasteiger charge is -2.39. The summed E-state index contributed by atoms with van der Waals surface area (Å²) < 4.78 is 38.1. The lowest BCUT2D eigenvalue weighted by atomic mass is 10.1. The molecule has 0 spiro atoms.